The van der Waals surface area contributed by atoms with Crippen LogP contribution in [-0.2, 0) is 0 Å². The van der Waals surface area contributed by atoms with Gasteiger partial charge in [0.25, 0.3) is 0 Å². The quantitative estimate of drug-likeness (QED) is 0.515. The van der Waals surface area contributed by atoms with Crippen LogP contribution in [0, 0.1) is 0 Å². The highest BCUT2D eigenvalue weighted by Crippen LogP contribution is 2.45. The van der Waals surface area contributed by atoms with Crippen LogP contribution < -0.4 is 0 Å². The maximum atomic E-state index is 4.17. The van der Waals surface area contributed by atoms with Crippen molar-refractivity contribution in [3.63, 3.8) is 0 Å². The normalized spacial score (nSPS) is 11.0. The first-order valence-corrected chi connectivity index (χ1v) is 7.94. The zero-order valence-electron chi connectivity index (χ0n) is 10.5. The molecule has 96 valence electrons. The molecule has 0 saturated carbocycles. The Hall–Kier alpha value is -2.04. The van der Waals surface area contributed by atoms with E-state index in [0.29, 0.717) is 0 Å². The van der Waals surface area contributed by atoms with E-state index in [4.69, 9.17) is 0 Å². The Labute approximate surface area is 124 Å². The third kappa shape index (κ3) is 1.85. The molecule has 0 fully saturated rings. The van der Waals surface area contributed by atoms with Gasteiger partial charge in [-0.1, -0.05) is 24.3 Å². The van der Waals surface area contributed by atoms with Crippen LogP contribution in [0.4, 0.5) is 0 Å². The minimum atomic E-state index is 1.08. The van der Waals surface area contributed by atoms with Gasteiger partial charge in [-0.05, 0) is 17.5 Å². The predicted molar refractivity (Wildman–Crippen MR) is 86.2 cm³/mol. The number of nitrogens with zero attached hydrogens (tertiary/aromatic N) is 2. The van der Waals surface area contributed by atoms with Gasteiger partial charge in [0, 0.05) is 38.5 Å². The fraction of sp³-hybridized carbons (Fsp3) is 0. The van der Waals surface area contributed by atoms with Gasteiger partial charge in [0.1, 0.15) is 6.33 Å². The molecule has 3 aromatic heterocycles. The second-order valence-corrected chi connectivity index (χ2v) is 6.41. The molecule has 0 amide bonds. The number of benzene rings is 1. The minimum absolute atomic E-state index is 1.08. The van der Waals surface area contributed by atoms with Gasteiger partial charge >= 0.3 is 0 Å². The molecule has 0 atom stereocenters. The fourth-order valence-corrected chi connectivity index (χ4v) is 4.43. The van der Waals surface area contributed by atoms with Crippen LogP contribution in [0.25, 0.3) is 31.0 Å². The second-order valence-electron chi connectivity index (χ2n) is 4.41. The largest absolute Gasteiger partial charge is 0.244 e. The van der Waals surface area contributed by atoms with E-state index in [1.807, 2.05) is 23.7 Å². The third-order valence-electron chi connectivity index (χ3n) is 3.19. The Morgan fingerprint density at radius 2 is 1.75 bits per heavy atom. The monoisotopic (exact) mass is 294 g/mol. The van der Waals surface area contributed by atoms with Crippen LogP contribution >= 0.6 is 22.7 Å². The Morgan fingerprint density at radius 3 is 2.55 bits per heavy atom. The van der Waals surface area contributed by atoms with E-state index in [2.05, 4.69) is 51.7 Å². The summed E-state index contributed by atoms with van der Waals surface area (Å²) in [5.74, 6) is 0. The summed E-state index contributed by atoms with van der Waals surface area (Å²) in [4.78, 5) is 10.9. The van der Waals surface area contributed by atoms with Crippen LogP contribution in [0.2, 0.25) is 0 Å². The summed E-state index contributed by atoms with van der Waals surface area (Å²) < 4.78 is 1.30. The van der Waals surface area contributed by atoms with Crippen LogP contribution in [0.15, 0.2) is 60.5 Å². The first-order chi connectivity index (χ1) is 9.93. The van der Waals surface area contributed by atoms with E-state index < -0.39 is 0 Å². The minimum Gasteiger partial charge on any atom is -0.244 e. The van der Waals surface area contributed by atoms with Crippen molar-refractivity contribution in [2.45, 2.75) is 0 Å². The molecule has 0 unspecified atom stereocenters. The van der Waals surface area contributed by atoms with E-state index in [0.717, 1.165) is 5.56 Å². The molecule has 0 spiro atoms. The lowest BCUT2D eigenvalue weighted by Crippen LogP contribution is -1.82. The molecular weight excluding hydrogens is 284 g/mol. The number of fused-ring (bicyclic) bond motifs is 1. The summed E-state index contributed by atoms with van der Waals surface area (Å²) in [7, 11) is 0. The molecule has 4 heteroatoms. The van der Waals surface area contributed by atoms with E-state index in [-0.39, 0.29) is 0 Å². The zero-order valence-corrected chi connectivity index (χ0v) is 12.1. The van der Waals surface area contributed by atoms with E-state index in [1.165, 1.54) is 25.4 Å². The average molecular weight is 294 g/mol. The van der Waals surface area contributed by atoms with Crippen molar-refractivity contribution in [2.75, 3.05) is 0 Å². The summed E-state index contributed by atoms with van der Waals surface area (Å²) in [6.45, 7) is 0. The highest BCUT2D eigenvalue weighted by Gasteiger charge is 2.16. The lowest BCUT2D eigenvalue weighted by Gasteiger charge is -2.02. The van der Waals surface area contributed by atoms with Crippen LogP contribution in [0.5, 0.6) is 0 Å². The van der Waals surface area contributed by atoms with Crippen molar-refractivity contribution in [2.24, 2.45) is 0 Å². The zero-order chi connectivity index (χ0) is 13.4. The molecule has 0 N–H and O–H groups in total. The van der Waals surface area contributed by atoms with Gasteiger partial charge < -0.3 is 0 Å². The number of hydrogen-bond donors (Lipinski definition) is 0. The molecule has 0 bridgehead atoms. The highest BCUT2D eigenvalue weighted by molar-refractivity contribution is 7.26. The van der Waals surface area contributed by atoms with Crippen molar-refractivity contribution < 1.29 is 0 Å². The topological polar surface area (TPSA) is 25.8 Å². The van der Waals surface area contributed by atoms with Gasteiger partial charge in [-0.2, -0.15) is 0 Å². The lowest BCUT2D eigenvalue weighted by molar-refractivity contribution is 1.17. The van der Waals surface area contributed by atoms with Crippen molar-refractivity contribution in [3.05, 3.63) is 60.5 Å². The molecule has 4 aromatic rings. The Bertz CT molecular complexity index is 849. The molecule has 0 radical (unpaired) electrons. The van der Waals surface area contributed by atoms with Crippen molar-refractivity contribution in [1.29, 1.82) is 0 Å². The number of rotatable bonds is 2. The Morgan fingerprint density at radius 1 is 0.900 bits per heavy atom. The lowest BCUT2D eigenvalue weighted by atomic mass is 10.0. The van der Waals surface area contributed by atoms with Crippen LogP contribution in [0.1, 0.15) is 0 Å². The van der Waals surface area contributed by atoms with Gasteiger partial charge in [-0.3, -0.25) is 0 Å². The van der Waals surface area contributed by atoms with Gasteiger partial charge in [0.2, 0.25) is 0 Å². The van der Waals surface area contributed by atoms with Crippen LogP contribution in [0.3, 0.4) is 0 Å². The van der Waals surface area contributed by atoms with Gasteiger partial charge in [0.05, 0.1) is 4.88 Å². The second kappa shape index (κ2) is 4.81. The van der Waals surface area contributed by atoms with E-state index in [9.17, 15) is 0 Å². The number of thiophene rings is 2. The smallest absolute Gasteiger partial charge is 0.115 e. The van der Waals surface area contributed by atoms with Crippen molar-refractivity contribution >= 4 is 32.8 Å². The molecule has 3 heterocycles. The van der Waals surface area contributed by atoms with Gasteiger partial charge in [-0.25, -0.2) is 9.97 Å². The standard InChI is InChI=1S/C16H10N2S2/c1-2-5-13-12(4-1)15(11-8-17-10-18-9-11)16(20-13)14-6-3-7-19-14/h1-10H. The predicted octanol–water partition coefficient (Wildman–Crippen LogP) is 5.09. The highest BCUT2D eigenvalue weighted by atomic mass is 32.1. The van der Waals surface area contributed by atoms with Crippen molar-refractivity contribution in [1.82, 2.24) is 9.97 Å². The molecule has 0 aliphatic heterocycles. The molecule has 0 aliphatic rings. The summed E-state index contributed by atoms with van der Waals surface area (Å²) in [5, 5.41) is 3.39. The molecule has 0 aliphatic carbocycles. The Kier molecular flexibility index (Phi) is 2.83. The first-order valence-electron chi connectivity index (χ1n) is 6.24. The van der Waals surface area contributed by atoms with E-state index >= 15 is 0 Å². The fourth-order valence-electron chi connectivity index (χ4n) is 2.34. The average Bonchev–Trinajstić information content (AvgIpc) is 3.15. The van der Waals surface area contributed by atoms with Crippen molar-refractivity contribution in [3.8, 4) is 20.9 Å². The van der Waals surface area contributed by atoms with E-state index in [1.54, 1.807) is 17.7 Å². The Balaban J connectivity index is 2.09. The third-order valence-corrected chi connectivity index (χ3v) is 5.41. The summed E-state index contributed by atoms with van der Waals surface area (Å²) >= 11 is 3.60. The van der Waals surface area contributed by atoms with Crippen LogP contribution in [-0.4, -0.2) is 9.97 Å². The molecule has 1 aromatic carbocycles. The molecular formula is C16H10N2S2. The van der Waals surface area contributed by atoms with Gasteiger partial charge in [0.15, 0.2) is 0 Å². The first kappa shape index (κ1) is 11.8. The molecule has 2 nitrogen and oxygen atoms in total. The molecule has 20 heavy (non-hydrogen) atoms. The SMILES string of the molecule is c1csc(-c2sc3ccccc3c2-c2cncnc2)c1. The summed E-state index contributed by atoms with van der Waals surface area (Å²) in [6, 6.07) is 12.8. The van der Waals surface area contributed by atoms with Gasteiger partial charge in [-0.15, -0.1) is 22.7 Å². The number of aromatic nitrogens is 2. The summed E-state index contributed by atoms with van der Waals surface area (Å²) in [5.41, 5.74) is 2.32. The number of hydrogen-bond acceptors (Lipinski definition) is 4. The molecule has 4 rings (SSSR count). The summed E-state index contributed by atoms with van der Waals surface area (Å²) in [6.07, 6.45) is 5.35. The maximum absolute atomic E-state index is 4.17. The molecule has 0 saturated heterocycles. The maximum Gasteiger partial charge on any atom is 0.115 e.